The van der Waals surface area contributed by atoms with E-state index in [0.29, 0.717) is 19.3 Å². The van der Waals surface area contributed by atoms with Gasteiger partial charge in [-0.1, -0.05) is 239 Å². The maximum Gasteiger partial charge on any atom is 0.249 e. The van der Waals surface area contributed by atoms with Gasteiger partial charge in [0.2, 0.25) is 5.91 Å². The Hall–Kier alpha value is -0.890. The second-order valence-electron chi connectivity index (χ2n) is 19.0. The molecule has 1 heterocycles. The molecule has 1 aliphatic rings. The average Bonchev–Trinajstić information content (AvgIpc) is 3.27. The summed E-state index contributed by atoms with van der Waals surface area (Å²) < 4.78 is 11.1. The molecule has 0 spiro atoms. The van der Waals surface area contributed by atoms with Gasteiger partial charge in [0.15, 0.2) is 6.29 Å². The van der Waals surface area contributed by atoms with Crippen LogP contribution in [0.4, 0.5) is 0 Å². The molecule has 9 atom stereocenters. The van der Waals surface area contributed by atoms with Crippen molar-refractivity contribution < 1.29 is 50.0 Å². The van der Waals surface area contributed by atoms with E-state index >= 15 is 0 Å². The number of nitrogens with one attached hydrogen (secondary N) is 1. The summed E-state index contributed by atoms with van der Waals surface area (Å²) in [7, 11) is 0. The fourth-order valence-electron chi connectivity index (χ4n) is 8.80. The topological polar surface area (TPSA) is 189 Å². The molecule has 1 amide bonds. The fraction of sp³-hybridized carbons (Fsp3) is 0.980. The third-order valence-corrected chi connectivity index (χ3v) is 13.2. The molecular weight excluding hydrogens is 787 g/mol. The maximum atomic E-state index is 13.1. The Bertz CT molecular complexity index is 975. The molecule has 11 heteroatoms. The lowest BCUT2D eigenvalue weighted by Crippen LogP contribution is -2.60. The number of unbranched alkanes of at least 4 members (excludes halogenated alkanes) is 33. The predicted molar refractivity (Wildman–Crippen MR) is 252 cm³/mol. The number of ether oxygens (including phenoxy) is 2. The first-order valence-electron chi connectivity index (χ1n) is 26.4. The van der Waals surface area contributed by atoms with E-state index in [4.69, 9.17) is 9.47 Å². The zero-order chi connectivity index (χ0) is 45.5. The summed E-state index contributed by atoms with van der Waals surface area (Å²) in [4.78, 5) is 13.1. The highest BCUT2D eigenvalue weighted by Gasteiger charge is 2.44. The van der Waals surface area contributed by atoms with Gasteiger partial charge in [-0.15, -0.1) is 0 Å². The number of hydrogen-bond donors (Lipinski definition) is 8. The Morgan fingerprint density at radius 3 is 1.19 bits per heavy atom. The van der Waals surface area contributed by atoms with Gasteiger partial charge in [-0.3, -0.25) is 4.79 Å². The van der Waals surface area contributed by atoms with Crippen LogP contribution in [-0.2, 0) is 14.3 Å². The van der Waals surface area contributed by atoms with Crippen LogP contribution in [-0.4, -0.2) is 110 Å². The highest BCUT2D eigenvalue weighted by Crippen LogP contribution is 2.23. The standard InChI is InChI=1S/C51H101NO10/c1-3-5-7-9-11-13-15-17-19-21-22-23-25-26-28-30-32-34-36-38-43(54)46(56)42(41-61-51-49(59)48(58)47(57)45(40-53)62-51)52-50(60)44(55)39-37-35-33-31-29-27-24-20-18-16-14-12-10-8-6-4-2/h42-49,51,53-59H,3-41H2,1-2H3,(H,52,60). The van der Waals surface area contributed by atoms with Crippen LogP contribution in [0.1, 0.15) is 251 Å². The normalized spacial score (nSPS) is 21.2. The Kier molecular flexibility index (Phi) is 39.6. The number of aliphatic hydroxyl groups excluding tert-OH is 7. The molecule has 1 rings (SSSR count). The third kappa shape index (κ3) is 30.3. The Morgan fingerprint density at radius 1 is 0.500 bits per heavy atom. The van der Waals surface area contributed by atoms with Gasteiger partial charge in [-0.05, 0) is 12.8 Å². The van der Waals surface area contributed by atoms with Crippen molar-refractivity contribution in [1.82, 2.24) is 5.32 Å². The van der Waals surface area contributed by atoms with Crippen molar-refractivity contribution in [3.05, 3.63) is 0 Å². The molecule has 1 fully saturated rings. The molecular formula is C51H101NO10. The minimum Gasteiger partial charge on any atom is -0.394 e. The molecule has 0 saturated carbocycles. The Labute approximate surface area is 379 Å². The second kappa shape index (κ2) is 41.5. The van der Waals surface area contributed by atoms with Gasteiger partial charge < -0.3 is 50.5 Å². The molecule has 0 radical (unpaired) electrons. The number of carbonyl (C=O) groups is 1. The predicted octanol–water partition coefficient (Wildman–Crippen LogP) is 9.84. The van der Waals surface area contributed by atoms with Gasteiger partial charge in [0, 0.05) is 0 Å². The van der Waals surface area contributed by atoms with Gasteiger partial charge in [-0.2, -0.15) is 0 Å². The molecule has 0 bridgehead atoms. The molecule has 62 heavy (non-hydrogen) atoms. The van der Waals surface area contributed by atoms with E-state index in [2.05, 4.69) is 19.2 Å². The number of aliphatic hydroxyl groups is 7. The SMILES string of the molecule is CCCCCCCCCCCCCCCCCCCCCC(O)C(O)C(COC1OC(CO)C(O)C(O)C1O)NC(=O)C(O)CCCCCCCCCCCCCCCCCC. The number of rotatable bonds is 45. The van der Waals surface area contributed by atoms with Crippen LogP contribution < -0.4 is 5.32 Å². The summed E-state index contributed by atoms with van der Waals surface area (Å²) in [6.45, 7) is 3.48. The van der Waals surface area contributed by atoms with Crippen LogP contribution in [0.15, 0.2) is 0 Å². The van der Waals surface area contributed by atoms with Gasteiger partial charge in [0.05, 0.1) is 25.4 Å². The highest BCUT2D eigenvalue weighted by atomic mass is 16.7. The molecule has 0 aromatic carbocycles. The molecule has 8 N–H and O–H groups in total. The van der Waals surface area contributed by atoms with Crippen molar-refractivity contribution in [2.45, 2.75) is 306 Å². The fourth-order valence-corrected chi connectivity index (χ4v) is 8.80. The van der Waals surface area contributed by atoms with E-state index in [9.17, 15) is 40.5 Å². The minimum atomic E-state index is -1.66. The molecule has 1 aliphatic heterocycles. The monoisotopic (exact) mass is 888 g/mol. The lowest BCUT2D eigenvalue weighted by molar-refractivity contribution is -0.303. The Morgan fingerprint density at radius 2 is 0.839 bits per heavy atom. The first-order valence-corrected chi connectivity index (χ1v) is 26.4. The molecule has 370 valence electrons. The van der Waals surface area contributed by atoms with Crippen LogP contribution >= 0.6 is 0 Å². The summed E-state index contributed by atoms with van der Waals surface area (Å²) in [5.74, 6) is -0.692. The van der Waals surface area contributed by atoms with Crippen molar-refractivity contribution in [2.24, 2.45) is 0 Å². The first kappa shape index (κ1) is 59.1. The zero-order valence-electron chi connectivity index (χ0n) is 40.1. The van der Waals surface area contributed by atoms with Gasteiger partial charge in [0.25, 0.3) is 0 Å². The lowest BCUT2D eigenvalue weighted by Gasteiger charge is -2.40. The smallest absolute Gasteiger partial charge is 0.249 e. The number of carbonyl (C=O) groups excluding carboxylic acids is 1. The molecule has 11 nitrogen and oxygen atoms in total. The van der Waals surface area contributed by atoms with E-state index < -0.39 is 74.2 Å². The van der Waals surface area contributed by atoms with E-state index in [-0.39, 0.29) is 6.42 Å². The summed E-state index contributed by atoms with van der Waals surface area (Å²) in [5, 5.41) is 75.9. The van der Waals surface area contributed by atoms with Crippen molar-refractivity contribution in [1.29, 1.82) is 0 Å². The quantitative estimate of drug-likeness (QED) is 0.0273. The van der Waals surface area contributed by atoms with Crippen molar-refractivity contribution >= 4 is 5.91 Å². The lowest BCUT2D eigenvalue weighted by atomic mass is 9.98. The van der Waals surface area contributed by atoms with E-state index in [1.807, 2.05) is 0 Å². The molecule has 0 aromatic rings. The highest BCUT2D eigenvalue weighted by molar-refractivity contribution is 5.80. The van der Waals surface area contributed by atoms with E-state index in [1.54, 1.807) is 0 Å². The van der Waals surface area contributed by atoms with Gasteiger partial charge >= 0.3 is 0 Å². The summed E-state index contributed by atoms with van der Waals surface area (Å²) >= 11 is 0. The zero-order valence-corrected chi connectivity index (χ0v) is 40.1. The average molecular weight is 888 g/mol. The second-order valence-corrected chi connectivity index (χ2v) is 19.0. The summed E-state index contributed by atoms with van der Waals surface area (Å²) in [5.41, 5.74) is 0. The van der Waals surface area contributed by atoms with Crippen LogP contribution in [0.5, 0.6) is 0 Å². The largest absolute Gasteiger partial charge is 0.394 e. The minimum absolute atomic E-state index is 0.266. The van der Waals surface area contributed by atoms with Crippen molar-refractivity contribution in [2.75, 3.05) is 13.2 Å². The van der Waals surface area contributed by atoms with Gasteiger partial charge in [0.1, 0.15) is 36.6 Å². The molecule has 9 unspecified atom stereocenters. The molecule has 0 aromatic heterocycles. The number of hydrogen-bond acceptors (Lipinski definition) is 10. The van der Waals surface area contributed by atoms with Crippen LogP contribution in [0.3, 0.4) is 0 Å². The van der Waals surface area contributed by atoms with Crippen LogP contribution in [0.2, 0.25) is 0 Å². The molecule has 1 saturated heterocycles. The third-order valence-electron chi connectivity index (χ3n) is 13.2. The summed E-state index contributed by atoms with van der Waals surface area (Å²) in [6, 6.07) is -1.16. The van der Waals surface area contributed by atoms with Crippen LogP contribution in [0, 0.1) is 0 Å². The van der Waals surface area contributed by atoms with Crippen molar-refractivity contribution in [3.8, 4) is 0 Å². The first-order chi connectivity index (χ1) is 30.2. The number of amides is 1. The maximum absolute atomic E-state index is 13.1. The molecule has 0 aliphatic carbocycles. The Balaban J connectivity index is 2.37. The van der Waals surface area contributed by atoms with Crippen molar-refractivity contribution in [3.63, 3.8) is 0 Å². The van der Waals surface area contributed by atoms with Gasteiger partial charge in [-0.25, -0.2) is 0 Å². The van der Waals surface area contributed by atoms with E-state index in [1.165, 1.54) is 173 Å². The summed E-state index contributed by atoms with van der Waals surface area (Å²) in [6.07, 6.45) is 32.8. The van der Waals surface area contributed by atoms with Crippen LogP contribution in [0.25, 0.3) is 0 Å². The van der Waals surface area contributed by atoms with E-state index in [0.717, 1.165) is 38.5 Å².